The molecule has 0 heterocycles. The van der Waals surface area contributed by atoms with Crippen molar-refractivity contribution < 1.29 is 9.90 Å². The fourth-order valence-corrected chi connectivity index (χ4v) is 2.16. The average Bonchev–Trinajstić information content (AvgIpc) is 2.36. The maximum absolute atomic E-state index is 12.5. The Morgan fingerprint density at radius 1 is 1.35 bits per heavy atom. The van der Waals surface area contributed by atoms with E-state index in [1.54, 1.807) is 18.7 Å². The van der Waals surface area contributed by atoms with Crippen LogP contribution in [-0.4, -0.2) is 41.1 Å². The first-order valence-corrected chi connectivity index (χ1v) is 7.14. The van der Waals surface area contributed by atoms with Gasteiger partial charge in [0.15, 0.2) is 0 Å². The third kappa shape index (κ3) is 4.53. The minimum absolute atomic E-state index is 0.0410. The molecule has 0 aliphatic carbocycles. The van der Waals surface area contributed by atoms with Crippen LogP contribution in [0.3, 0.4) is 0 Å². The molecule has 112 valence electrons. The summed E-state index contributed by atoms with van der Waals surface area (Å²) in [6.45, 7) is 11.1. The van der Waals surface area contributed by atoms with Crippen LogP contribution in [0.5, 0.6) is 0 Å². The number of aryl methyl sites for hydroxylation is 1. The fraction of sp³-hybridized carbons (Fsp3) is 0.562. The molecular formula is C16H26N2O2. The molecule has 1 rings (SSSR count). The molecular weight excluding hydrogens is 252 g/mol. The number of rotatable bonds is 6. The monoisotopic (exact) mass is 278 g/mol. The number of hydrogen-bond donors (Lipinski definition) is 2. The van der Waals surface area contributed by atoms with Crippen molar-refractivity contribution in [3.8, 4) is 0 Å². The standard InChI is InChI=1S/C16H26N2O2/c1-6-17-14-9-8-13(10-12(14)3)15(19)18(7-2)11-16(4,5)20/h8-10,17,20H,6-7,11H2,1-5H3. The summed E-state index contributed by atoms with van der Waals surface area (Å²) < 4.78 is 0. The van der Waals surface area contributed by atoms with E-state index in [4.69, 9.17) is 0 Å². The molecule has 0 fully saturated rings. The number of anilines is 1. The molecule has 0 saturated carbocycles. The number of carbonyl (C=O) groups is 1. The lowest BCUT2D eigenvalue weighted by atomic mass is 10.1. The van der Waals surface area contributed by atoms with E-state index in [0.29, 0.717) is 18.7 Å². The molecule has 4 heteroatoms. The Labute approximate surface area is 121 Å². The molecule has 0 aliphatic rings. The molecule has 20 heavy (non-hydrogen) atoms. The Kier molecular flexibility index (Phi) is 5.57. The number of nitrogens with one attached hydrogen (secondary N) is 1. The molecule has 0 spiro atoms. The van der Waals surface area contributed by atoms with Crippen LogP contribution in [0.2, 0.25) is 0 Å². The maximum Gasteiger partial charge on any atom is 0.253 e. The van der Waals surface area contributed by atoms with Crippen molar-refractivity contribution >= 4 is 11.6 Å². The van der Waals surface area contributed by atoms with Crippen LogP contribution in [0.15, 0.2) is 18.2 Å². The van der Waals surface area contributed by atoms with Crippen LogP contribution >= 0.6 is 0 Å². The highest BCUT2D eigenvalue weighted by atomic mass is 16.3. The van der Waals surface area contributed by atoms with E-state index in [-0.39, 0.29) is 5.91 Å². The van der Waals surface area contributed by atoms with Crippen molar-refractivity contribution in [1.29, 1.82) is 0 Å². The van der Waals surface area contributed by atoms with Crippen LogP contribution < -0.4 is 5.32 Å². The van der Waals surface area contributed by atoms with Crippen molar-refractivity contribution in [1.82, 2.24) is 4.90 Å². The van der Waals surface area contributed by atoms with Gasteiger partial charge in [0.1, 0.15) is 0 Å². The first-order chi connectivity index (χ1) is 9.28. The van der Waals surface area contributed by atoms with E-state index in [2.05, 4.69) is 5.32 Å². The summed E-state index contributed by atoms with van der Waals surface area (Å²) in [5.41, 5.74) is 1.88. The second-order valence-corrected chi connectivity index (χ2v) is 5.69. The maximum atomic E-state index is 12.5. The highest BCUT2D eigenvalue weighted by Gasteiger charge is 2.22. The van der Waals surface area contributed by atoms with Crippen molar-refractivity contribution in [2.75, 3.05) is 25.0 Å². The number of benzene rings is 1. The molecule has 1 aromatic carbocycles. The molecule has 0 aromatic heterocycles. The van der Waals surface area contributed by atoms with E-state index in [1.807, 2.05) is 39.0 Å². The van der Waals surface area contributed by atoms with Crippen LogP contribution in [0.4, 0.5) is 5.69 Å². The zero-order valence-electron chi connectivity index (χ0n) is 13.2. The van der Waals surface area contributed by atoms with Crippen molar-refractivity contribution in [2.24, 2.45) is 0 Å². The van der Waals surface area contributed by atoms with E-state index < -0.39 is 5.60 Å². The third-order valence-electron chi connectivity index (χ3n) is 3.09. The van der Waals surface area contributed by atoms with E-state index >= 15 is 0 Å². The zero-order valence-corrected chi connectivity index (χ0v) is 13.2. The second-order valence-electron chi connectivity index (χ2n) is 5.69. The quantitative estimate of drug-likeness (QED) is 0.841. The Hall–Kier alpha value is -1.55. The molecule has 0 saturated heterocycles. The Bertz CT molecular complexity index is 464. The fourth-order valence-electron chi connectivity index (χ4n) is 2.16. The first-order valence-electron chi connectivity index (χ1n) is 7.14. The normalized spacial score (nSPS) is 11.3. The van der Waals surface area contributed by atoms with Gasteiger partial charge in [0.2, 0.25) is 0 Å². The minimum atomic E-state index is -0.885. The topological polar surface area (TPSA) is 52.6 Å². The highest BCUT2D eigenvalue weighted by Crippen LogP contribution is 2.18. The van der Waals surface area contributed by atoms with Gasteiger partial charge in [-0.05, 0) is 58.4 Å². The molecule has 0 aliphatic heterocycles. The van der Waals surface area contributed by atoms with Crippen molar-refractivity contribution in [3.05, 3.63) is 29.3 Å². The molecule has 0 bridgehead atoms. The largest absolute Gasteiger partial charge is 0.389 e. The van der Waals surface area contributed by atoms with Crippen molar-refractivity contribution in [3.63, 3.8) is 0 Å². The molecule has 0 atom stereocenters. The number of likely N-dealkylation sites (N-methyl/N-ethyl adjacent to an activating group) is 1. The van der Waals surface area contributed by atoms with Crippen LogP contribution in [0.25, 0.3) is 0 Å². The molecule has 2 N–H and O–H groups in total. The predicted octanol–water partition coefficient (Wildman–Crippen LogP) is 2.66. The summed E-state index contributed by atoms with van der Waals surface area (Å²) in [5, 5.41) is 13.1. The molecule has 0 radical (unpaired) electrons. The smallest absolute Gasteiger partial charge is 0.253 e. The minimum Gasteiger partial charge on any atom is -0.389 e. The Morgan fingerprint density at radius 3 is 2.45 bits per heavy atom. The van der Waals surface area contributed by atoms with Crippen LogP contribution in [-0.2, 0) is 0 Å². The van der Waals surface area contributed by atoms with Gasteiger partial charge in [-0.15, -0.1) is 0 Å². The summed E-state index contributed by atoms with van der Waals surface area (Å²) in [7, 11) is 0. The van der Waals surface area contributed by atoms with Gasteiger partial charge in [0.25, 0.3) is 5.91 Å². The summed E-state index contributed by atoms with van der Waals surface area (Å²) >= 11 is 0. The van der Waals surface area contributed by atoms with Gasteiger partial charge in [-0.25, -0.2) is 0 Å². The average molecular weight is 278 g/mol. The number of carbonyl (C=O) groups excluding carboxylic acids is 1. The molecule has 4 nitrogen and oxygen atoms in total. The summed E-state index contributed by atoms with van der Waals surface area (Å²) in [6, 6.07) is 5.66. The lowest BCUT2D eigenvalue weighted by molar-refractivity contribution is 0.0314. The van der Waals surface area contributed by atoms with Gasteiger partial charge in [-0.2, -0.15) is 0 Å². The van der Waals surface area contributed by atoms with Crippen LogP contribution in [0, 0.1) is 6.92 Å². The summed E-state index contributed by atoms with van der Waals surface area (Å²) in [6.07, 6.45) is 0. The summed E-state index contributed by atoms with van der Waals surface area (Å²) in [5.74, 6) is -0.0410. The van der Waals surface area contributed by atoms with E-state index in [9.17, 15) is 9.90 Å². The van der Waals surface area contributed by atoms with E-state index in [0.717, 1.165) is 17.8 Å². The zero-order chi connectivity index (χ0) is 15.3. The lowest BCUT2D eigenvalue weighted by Gasteiger charge is -2.28. The number of amides is 1. The van der Waals surface area contributed by atoms with Crippen molar-refractivity contribution in [2.45, 2.75) is 40.2 Å². The predicted molar refractivity (Wildman–Crippen MR) is 83.2 cm³/mol. The molecule has 0 unspecified atom stereocenters. The lowest BCUT2D eigenvalue weighted by Crippen LogP contribution is -2.42. The third-order valence-corrected chi connectivity index (χ3v) is 3.09. The van der Waals surface area contributed by atoms with Gasteiger partial charge >= 0.3 is 0 Å². The molecule has 1 amide bonds. The van der Waals surface area contributed by atoms with Gasteiger partial charge in [-0.1, -0.05) is 0 Å². The van der Waals surface area contributed by atoms with Gasteiger partial charge in [0.05, 0.1) is 5.60 Å². The Balaban J connectivity index is 2.93. The Morgan fingerprint density at radius 2 is 2.00 bits per heavy atom. The van der Waals surface area contributed by atoms with Gasteiger partial charge in [0, 0.05) is 30.9 Å². The second kappa shape index (κ2) is 6.75. The first kappa shape index (κ1) is 16.5. The van der Waals surface area contributed by atoms with Crippen LogP contribution in [0.1, 0.15) is 43.6 Å². The van der Waals surface area contributed by atoms with E-state index in [1.165, 1.54) is 0 Å². The summed E-state index contributed by atoms with van der Waals surface area (Å²) in [4.78, 5) is 14.1. The van der Waals surface area contributed by atoms with Gasteiger partial charge < -0.3 is 15.3 Å². The SMILES string of the molecule is CCNc1ccc(C(=O)N(CC)CC(C)(C)O)cc1C. The molecule has 1 aromatic rings. The van der Waals surface area contributed by atoms with Gasteiger partial charge in [-0.3, -0.25) is 4.79 Å². The number of hydrogen-bond acceptors (Lipinski definition) is 3. The number of nitrogens with zero attached hydrogens (tertiary/aromatic N) is 1. The number of aliphatic hydroxyl groups is 1. The highest BCUT2D eigenvalue weighted by molar-refractivity contribution is 5.95.